The van der Waals surface area contributed by atoms with E-state index >= 15 is 0 Å². The maximum Gasteiger partial charge on any atom is 0.325 e. The molecule has 0 radical (unpaired) electrons. The summed E-state index contributed by atoms with van der Waals surface area (Å²) in [6, 6.07) is -0.893. The molecule has 0 aromatic rings. The second-order valence-corrected chi connectivity index (χ2v) is 10.1. The Morgan fingerprint density at radius 2 is 1.92 bits per heavy atom. The smallest absolute Gasteiger partial charge is 0.325 e. The second-order valence-electron chi connectivity index (χ2n) is 7.82. The molecule has 3 rings (SSSR count). The zero-order valence-electron chi connectivity index (χ0n) is 15.4. The maximum atomic E-state index is 12.8. The Bertz CT molecular complexity index is 712. The van der Waals surface area contributed by atoms with Crippen LogP contribution in [0.3, 0.4) is 0 Å². The molecule has 8 nitrogen and oxygen atoms in total. The van der Waals surface area contributed by atoms with Gasteiger partial charge in [0.15, 0.2) is 9.84 Å². The molecule has 1 atom stereocenters. The molecule has 9 heteroatoms. The Hall–Kier alpha value is -1.64. The first-order valence-electron chi connectivity index (χ1n) is 9.31. The Kier molecular flexibility index (Phi) is 5.02. The van der Waals surface area contributed by atoms with E-state index in [1.807, 2.05) is 0 Å². The van der Waals surface area contributed by atoms with Crippen LogP contribution < -0.4 is 5.32 Å². The highest BCUT2D eigenvalue weighted by Gasteiger charge is 2.52. The summed E-state index contributed by atoms with van der Waals surface area (Å²) >= 11 is 0. The summed E-state index contributed by atoms with van der Waals surface area (Å²) in [4.78, 5) is 40.4. The minimum absolute atomic E-state index is 0.0471. The van der Waals surface area contributed by atoms with E-state index in [9.17, 15) is 22.8 Å². The molecule has 0 bridgehead atoms. The number of nitrogens with zero attached hydrogens (tertiary/aromatic N) is 2. The van der Waals surface area contributed by atoms with Gasteiger partial charge in [0, 0.05) is 12.6 Å². The van der Waals surface area contributed by atoms with E-state index in [1.54, 1.807) is 6.92 Å². The lowest BCUT2D eigenvalue weighted by atomic mass is 9.77. The molecule has 3 aliphatic rings. The number of urea groups is 1. The molecule has 2 heterocycles. The number of sulfone groups is 1. The molecular formula is C17H27N3O5S. The van der Waals surface area contributed by atoms with Crippen LogP contribution in [-0.2, 0) is 19.4 Å². The number of hydrogen-bond acceptors (Lipinski definition) is 5. The number of carbonyl (C=O) groups excluding carboxylic acids is 3. The zero-order chi connectivity index (χ0) is 19.1. The van der Waals surface area contributed by atoms with Crippen LogP contribution in [0, 0.1) is 5.92 Å². The Labute approximate surface area is 154 Å². The van der Waals surface area contributed by atoms with Gasteiger partial charge in [-0.15, -0.1) is 0 Å². The van der Waals surface area contributed by atoms with Crippen molar-refractivity contribution in [3.8, 4) is 0 Å². The summed E-state index contributed by atoms with van der Waals surface area (Å²) < 4.78 is 23.4. The molecule has 146 valence electrons. The topological polar surface area (TPSA) is 104 Å². The summed E-state index contributed by atoms with van der Waals surface area (Å²) in [7, 11) is -3.11. The van der Waals surface area contributed by atoms with E-state index in [1.165, 1.54) is 4.90 Å². The van der Waals surface area contributed by atoms with E-state index in [0.717, 1.165) is 17.7 Å². The van der Waals surface area contributed by atoms with Crippen molar-refractivity contribution in [1.29, 1.82) is 0 Å². The molecule has 4 amide bonds. The van der Waals surface area contributed by atoms with Gasteiger partial charge in [-0.25, -0.2) is 13.2 Å². The molecule has 2 saturated heterocycles. The molecule has 3 fully saturated rings. The third-order valence-electron chi connectivity index (χ3n) is 5.98. The van der Waals surface area contributed by atoms with Crippen molar-refractivity contribution < 1.29 is 22.8 Å². The van der Waals surface area contributed by atoms with Gasteiger partial charge in [-0.05, 0) is 44.9 Å². The lowest BCUT2D eigenvalue weighted by Gasteiger charge is -2.33. The van der Waals surface area contributed by atoms with Gasteiger partial charge in [0.05, 0.1) is 11.5 Å². The Morgan fingerprint density at radius 3 is 2.46 bits per heavy atom. The number of carbonyl (C=O) groups is 3. The fourth-order valence-corrected chi connectivity index (χ4v) is 6.03. The second kappa shape index (κ2) is 6.83. The predicted molar refractivity (Wildman–Crippen MR) is 95.1 cm³/mol. The van der Waals surface area contributed by atoms with Crippen molar-refractivity contribution >= 4 is 27.7 Å². The fourth-order valence-electron chi connectivity index (χ4n) is 4.30. The van der Waals surface area contributed by atoms with Crippen LogP contribution in [-0.4, -0.2) is 72.2 Å². The molecule has 0 aromatic heterocycles. The minimum Gasteiger partial charge on any atom is -0.337 e. The minimum atomic E-state index is -3.11. The number of imide groups is 1. The van der Waals surface area contributed by atoms with E-state index in [4.69, 9.17) is 0 Å². The first-order chi connectivity index (χ1) is 12.2. The zero-order valence-corrected chi connectivity index (χ0v) is 16.2. The number of amides is 4. The van der Waals surface area contributed by atoms with Gasteiger partial charge in [0.25, 0.3) is 5.91 Å². The molecule has 1 spiro atoms. The van der Waals surface area contributed by atoms with Crippen LogP contribution in [0.15, 0.2) is 0 Å². The number of nitrogens with one attached hydrogen (secondary N) is 1. The molecule has 2 aliphatic heterocycles. The summed E-state index contributed by atoms with van der Waals surface area (Å²) in [6.45, 7) is 3.93. The van der Waals surface area contributed by atoms with Gasteiger partial charge < -0.3 is 10.2 Å². The predicted octanol–water partition coefficient (Wildman–Crippen LogP) is 0.523. The van der Waals surface area contributed by atoms with Gasteiger partial charge in [0.1, 0.15) is 12.1 Å². The number of rotatable bonds is 4. The van der Waals surface area contributed by atoms with Crippen molar-refractivity contribution in [3.05, 3.63) is 0 Å². The first-order valence-corrected chi connectivity index (χ1v) is 11.1. The highest BCUT2D eigenvalue weighted by molar-refractivity contribution is 7.91. The summed E-state index contributed by atoms with van der Waals surface area (Å²) in [6.07, 6.45) is 3.34. The quantitative estimate of drug-likeness (QED) is 0.711. The van der Waals surface area contributed by atoms with Crippen LogP contribution in [0.1, 0.15) is 46.0 Å². The summed E-state index contributed by atoms with van der Waals surface area (Å²) in [5.41, 5.74) is -0.863. The summed E-state index contributed by atoms with van der Waals surface area (Å²) in [5.74, 6) is -0.140. The third-order valence-corrected chi connectivity index (χ3v) is 7.73. The molecule has 0 unspecified atom stereocenters. The summed E-state index contributed by atoms with van der Waals surface area (Å²) in [5, 5.41) is 2.81. The third kappa shape index (κ3) is 3.45. The molecule has 1 saturated carbocycles. The van der Waals surface area contributed by atoms with E-state index in [2.05, 4.69) is 12.2 Å². The SMILES string of the molecule is CCN(C(=O)CN1C(=O)NC2(CCC(C)CC2)C1=O)[C@@H]1CCS(=O)(=O)C1. The molecule has 1 N–H and O–H groups in total. The fraction of sp³-hybridized carbons (Fsp3) is 0.824. The van der Waals surface area contributed by atoms with Gasteiger partial charge in [-0.3, -0.25) is 14.5 Å². The van der Waals surface area contributed by atoms with Crippen molar-refractivity contribution in [1.82, 2.24) is 15.1 Å². The van der Waals surface area contributed by atoms with Gasteiger partial charge in [0.2, 0.25) is 5.91 Å². The van der Waals surface area contributed by atoms with Gasteiger partial charge >= 0.3 is 6.03 Å². The Morgan fingerprint density at radius 1 is 1.27 bits per heavy atom. The average molecular weight is 385 g/mol. The van der Waals surface area contributed by atoms with Crippen LogP contribution in [0.5, 0.6) is 0 Å². The first kappa shape index (κ1) is 19.1. The lowest BCUT2D eigenvalue weighted by molar-refractivity contribution is -0.140. The molecule has 0 aromatic carbocycles. The van der Waals surface area contributed by atoms with Crippen molar-refractivity contribution in [2.24, 2.45) is 5.92 Å². The largest absolute Gasteiger partial charge is 0.337 e. The van der Waals surface area contributed by atoms with E-state index in [0.29, 0.717) is 31.7 Å². The molecule has 26 heavy (non-hydrogen) atoms. The van der Waals surface area contributed by atoms with Crippen LogP contribution >= 0.6 is 0 Å². The van der Waals surface area contributed by atoms with Crippen molar-refractivity contribution in [3.63, 3.8) is 0 Å². The van der Waals surface area contributed by atoms with E-state index < -0.39 is 21.4 Å². The number of hydrogen-bond donors (Lipinski definition) is 1. The van der Waals surface area contributed by atoms with Gasteiger partial charge in [-0.2, -0.15) is 0 Å². The monoisotopic (exact) mass is 385 g/mol. The lowest BCUT2D eigenvalue weighted by Crippen LogP contribution is -2.50. The average Bonchev–Trinajstić information content (AvgIpc) is 3.04. The van der Waals surface area contributed by atoms with Crippen molar-refractivity contribution in [2.75, 3.05) is 24.6 Å². The standard InChI is InChI=1S/C17H27N3O5S/c1-3-19(13-6-9-26(24,25)11-13)14(21)10-20-15(22)17(18-16(20)23)7-4-12(2)5-8-17/h12-13H,3-11H2,1-2H3,(H,18,23)/t12?,13-,17?/m1/s1. The number of likely N-dealkylation sites (N-methyl/N-ethyl adjacent to an activating group) is 1. The normalized spacial score (nSPS) is 33.5. The highest BCUT2D eigenvalue weighted by atomic mass is 32.2. The van der Waals surface area contributed by atoms with Crippen LogP contribution in [0.25, 0.3) is 0 Å². The maximum absolute atomic E-state index is 12.8. The molecular weight excluding hydrogens is 358 g/mol. The van der Waals surface area contributed by atoms with Crippen LogP contribution in [0.2, 0.25) is 0 Å². The van der Waals surface area contributed by atoms with Gasteiger partial charge in [-0.1, -0.05) is 6.92 Å². The van der Waals surface area contributed by atoms with E-state index in [-0.39, 0.29) is 35.9 Å². The highest BCUT2D eigenvalue weighted by Crippen LogP contribution is 2.36. The van der Waals surface area contributed by atoms with Crippen molar-refractivity contribution in [2.45, 2.75) is 57.5 Å². The van der Waals surface area contributed by atoms with Crippen LogP contribution in [0.4, 0.5) is 4.79 Å². The molecule has 1 aliphatic carbocycles. The Balaban J connectivity index is 1.68.